The fourth-order valence-electron chi connectivity index (χ4n) is 2.08. The molecule has 0 unspecified atom stereocenters. The van der Waals surface area contributed by atoms with Gasteiger partial charge in [0.2, 0.25) is 0 Å². The zero-order valence-electron chi connectivity index (χ0n) is 9.64. The molecular formula is C12H15F3N2. The third-order valence-electron chi connectivity index (χ3n) is 3.47. The minimum atomic E-state index is -4.32. The Hall–Kier alpha value is -1.26. The van der Waals surface area contributed by atoms with Crippen LogP contribution in [0.5, 0.6) is 0 Å². The molecule has 1 saturated carbocycles. The van der Waals surface area contributed by atoms with Crippen LogP contribution in [0.4, 0.5) is 19.0 Å². The minimum absolute atomic E-state index is 0.0484. The molecule has 5 heteroatoms. The molecule has 94 valence electrons. The van der Waals surface area contributed by atoms with Crippen LogP contribution in [0.15, 0.2) is 18.3 Å². The Bertz CT molecular complexity index is 374. The van der Waals surface area contributed by atoms with E-state index in [9.17, 15) is 13.2 Å². The second kappa shape index (κ2) is 4.20. The maximum atomic E-state index is 12.3. The number of rotatable bonds is 3. The van der Waals surface area contributed by atoms with E-state index in [4.69, 9.17) is 0 Å². The van der Waals surface area contributed by atoms with Crippen molar-refractivity contribution in [3.63, 3.8) is 0 Å². The number of pyridine rings is 1. The van der Waals surface area contributed by atoms with Gasteiger partial charge in [0.1, 0.15) is 5.82 Å². The third-order valence-corrected chi connectivity index (χ3v) is 3.47. The highest BCUT2D eigenvalue weighted by Crippen LogP contribution is 2.37. The molecule has 17 heavy (non-hydrogen) atoms. The smallest absolute Gasteiger partial charge is 0.365 e. The van der Waals surface area contributed by atoms with Crippen LogP contribution < -0.4 is 5.32 Å². The highest BCUT2D eigenvalue weighted by molar-refractivity contribution is 5.40. The van der Waals surface area contributed by atoms with E-state index in [0.29, 0.717) is 5.82 Å². The van der Waals surface area contributed by atoms with E-state index in [2.05, 4.69) is 17.2 Å². The van der Waals surface area contributed by atoms with Gasteiger partial charge in [-0.3, -0.25) is 0 Å². The van der Waals surface area contributed by atoms with Crippen LogP contribution in [-0.2, 0) is 6.18 Å². The molecule has 0 radical (unpaired) electrons. The summed E-state index contributed by atoms with van der Waals surface area (Å²) in [5, 5.41) is 3.24. The highest BCUT2D eigenvalue weighted by Gasteiger charge is 2.35. The summed E-state index contributed by atoms with van der Waals surface area (Å²) in [7, 11) is 0. The van der Waals surface area contributed by atoms with Crippen LogP contribution in [0, 0.1) is 0 Å². The van der Waals surface area contributed by atoms with Crippen molar-refractivity contribution in [3.05, 3.63) is 23.9 Å². The van der Waals surface area contributed by atoms with Crippen LogP contribution in [0.25, 0.3) is 0 Å². The van der Waals surface area contributed by atoms with Gasteiger partial charge in [-0.2, -0.15) is 13.2 Å². The Labute approximate surface area is 98.2 Å². The van der Waals surface area contributed by atoms with Gasteiger partial charge < -0.3 is 5.32 Å². The van der Waals surface area contributed by atoms with Crippen molar-refractivity contribution >= 4 is 5.82 Å². The van der Waals surface area contributed by atoms with Crippen molar-refractivity contribution in [1.29, 1.82) is 0 Å². The molecule has 0 atom stereocenters. The second-order valence-corrected chi connectivity index (χ2v) is 4.54. The number of halogens is 3. The van der Waals surface area contributed by atoms with E-state index >= 15 is 0 Å². The Morgan fingerprint density at radius 1 is 1.35 bits per heavy atom. The van der Waals surface area contributed by atoms with Gasteiger partial charge in [-0.05, 0) is 37.8 Å². The summed E-state index contributed by atoms with van der Waals surface area (Å²) < 4.78 is 37.0. The average molecular weight is 244 g/mol. The largest absolute Gasteiger partial charge is 0.417 e. The lowest BCUT2D eigenvalue weighted by Gasteiger charge is -2.42. The first-order chi connectivity index (χ1) is 7.95. The Morgan fingerprint density at radius 2 is 2.06 bits per heavy atom. The highest BCUT2D eigenvalue weighted by atomic mass is 19.4. The Kier molecular flexibility index (Phi) is 3.02. The molecular weight excluding hydrogens is 229 g/mol. The van der Waals surface area contributed by atoms with Crippen molar-refractivity contribution in [2.75, 3.05) is 5.32 Å². The quantitative estimate of drug-likeness (QED) is 0.873. The van der Waals surface area contributed by atoms with Crippen LogP contribution in [0.2, 0.25) is 0 Å². The van der Waals surface area contributed by atoms with E-state index in [1.807, 2.05) is 0 Å². The minimum Gasteiger partial charge on any atom is -0.365 e. The molecule has 1 aliphatic rings. The summed E-state index contributed by atoms with van der Waals surface area (Å²) >= 11 is 0. The number of aromatic nitrogens is 1. The predicted molar refractivity (Wildman–Crippen MR) is 59.7 cm³/mol. The van der Waals surface area contributed by atoms with E-state index < -0.39 is 11.7 Å². The van der Waals surface area contributed by atoms with Gasteiger partial charge in [0.15, 0.2) is 0 Å². The summed E-state index contributed by atoms with van der Waals surface area (Å²) in [6.07, 6.45) is 0.824. The summed E-state index contributed by atoms with van der Waals surface area (Å²) in [5.74, 6) is 0.527. The molecule has 2 rings (SSSR count). The standard InChI is InChI=1S/C12H15F3N2/c1-2-11(6-3-7-11)17-10-5-4-9(8-16-10)12(13,14)15/h4-5,8H,2-3,6-7H2,1H3,(H,16,17). The summed E-state index contributed by atoms with van der Waals surface area (Å²) in [5.41, 5.74) is -0.658. The van der Waals surface area contributed by atoms with Crippen molar-refractivity contribution in [2.45, 2.75) is 44.3 Å². The molecule has 1 heterocycles. The molecule has 1 N–H and O–H groups in total. The van der Waals surface area contributed by atoms with Crippen LogP contribution >= 0.6 is 0 Å². The Balaban J connectivity index is 2.08. The Morgan fingerprint density at radius 3 is 2.41 bits per heavy atom. The molecule has 0 saturated heterocycles. The average Bonchev–Trinajstić information content (AvgIpc) is 2.23. The zero-order chi connectivity index (χ0) is 12.5. The topological polar surface area (TPSA) is 24.9 Å². The lowest BCUT2D eigenvalue weighted by Crippen LogP contribution is -2.44. The van der Waals surface area contributed by atoms with Gasteiger partial charge in [-0.1, -0.05) is 6.92 Å². The first kappa shape index (κ1) is 12.2. The molecule has 1 fully saturated rings. The second-order valence-electron chi connectivity index (χ2n) is 4.54. The zero-order valence-corrected chi connectivity index (χ0v) is 9.64. The van der Waals surface area contributed by atoms with Crippen molar-refractivity contribution in [2.24, 2.45) is 0 Å². The molecule has 1 aromatic heterocycles. The van der Waals surface area contributed by atoms with E-state index in [0.717, 1.165) is 31.5 Å². The van der Waals surface area contributed by atoms with E-state index in [1.165, 1.54) is 12.5 Å². The molecule has 1 aromatic rings. The number of hydrogen-bond acceptors (Lipinski definition) is 2. The summed E-state index contributed by atoms with van der Waals surface area (Å²) in [4.78, 5) is 3.83. The SMILES string of the molecule is CCC1(Nc2ccc(C(F)(F)F)cn2)CCC1. The predicted octanol–water partition coefficient (Wildman–Crippen LogP) is 3.85. The van der Waals surface area contributed by atoms with Crippen molar-refractivity contribution in [1.82, 2.24) is 4.98 Å². The van der Waals surface area contributed by atoms with Gasteiger partial charge >= 0.3 is 6.18 Å². The number of alkyl halides is 3. The van der Waals surface area contributed by atoms with Crippen LogP contribution in [0.3, 0.4) is 0 Å². The number of hydrogen-bond donors (Lipinski definition) is 1. The molecule has 0 aliphatic heterocycles. The molecule has 1 aliphatic carbocycles. The van der Waals surface area contributed by atoms with Gasteiger partial charge in [0.25, 0.3) is 0 Å². The molecule has 0 amide bonds. The summed E-state index contributed by atoms with van der Waals surface area (Å²) in [6, 6.07) is 2.47. The van der Waals surface area contributed by atoms with Crippen molar-refractivity contribution < 1.29 is 13.2 Å². The fourth-order valence-corrected chi connectivity index (χ4v) is 2.08. The van der Waals surface area contributed by atoms with Gasteiger partial charge in [-0.25, -0.2) is 4.98 Å². The molecule has 0 spiro atoms. The first-order valence-electron chi connectivity index (χ1n) is 5.77. The number of nitrogens with one attached hydrogen (secondary N) is 1. The number of nitrogens with zero attached hydrogens (tertiary/aromatic N) is 1. The fraction of sp³-hybridized carbons (Fsp3) is 0.583. The van der Waals surface area contributed by atoms with E-state index in [-0.39, 0.29) is 5.54 Å². The molecule has 0 bridgehead atoms. The molecule has 2 nitrogen and oxygen atoms in total. The van der Waals surface area contributed by atoms with Gasteiger partial charge in [0, 0.05) is 11.7 Å². The van der Waals surface area contributed by atoms with Gasteiger partial charge in [-0.15, -0.1) is 0 Å². The molecule has 0 aromatic carbocycles. The van der Waals surface area contributed by atoms with Crippen LogP contribution in [0.1, 0.15) is 38.2 Å². The van der Waals surface area contributed by atoms with Gasteiger partial charge in [0.05, 0.1) is 5.56 Å². The summed E-state index contributed by atoms with van der Waals surface area (Å²) in [6.45, 7) is 2.08. The van der Waals surface area contributed by atoms with E-state index in [1.54, 1.807) is 0 Å². The maximum Gasteiger partial charge on any atom is 0.417 e. The maximum absolute atomic E-state index is 12.3. The lowest BCUT2D eigenvalue weighted by atomic mass is 9.75. The monoisotopic (exact) mass is 244 g/mol. The normalized spacial score (nSPS) is 18.6. The number of anilines is 1. The lowest BCUT2D eigenvalue weighted by molar-refractivity contribution is -0.137. The third kappa shape index (κ3) is 2.53. The first-order valence-corrected chi connectivity index (χ1v) is 5.77. The van der Waals surface area contributed by atoms with Crippen LogP contribution in [-0.4, -0.2) is 10.5 Å². The van der Waals surface area contributed by atoms with Crippen molar-refractivity contribution in [3.8, 4) is 0 Å².